The minimum absolute atomic E-state index is 0.218. The van der Waals surface area contributed by atoms with Crippen molar-refractivity contribution in [3.8, 4) is 22.6 Å². The van der Waals surface area contributed by atoms with Gasteiger partial charge in [-0.1, -0.05) is 24.3 Å². The molecule has 6 heteroatoms. The number of anilines is 1. The van der Waals surface area contributed by atoms with Crippen LogP contribution in [0.5, 0.6) is 11.5 Å². The van der Waals surface area contributed by atoms with Gasteiger partial charge in [-0.25, -0.2) is 4.98 Å². The van der Waals surface area contributed by atoms with Crippen LogP contribution >= 0.6 is 0 Å². The molecule has 0 aliphatic rings. The van der Waals surface area contributed by atoms with Crippen molar-refractivity contribution in [1.29, 1.82) is 0 Å². The summed E-state index contributed by atoms with van der Waals surface area (Å²) >= 11 is 0. The first-order valence-electron chi connectivity index (χ1n) is 8.23. The van der Waals surface area contributed by atoms with Gasteiger partial charge in [0.15, 0.2) is 5.65 Å². The number of ether oxygens (including phenoxy) is 1. The van der Waals surface area contributed by atoms with Crippen LogP contribution in [0.15, 0.2) is 67.0 Å². The molecular weight excluding hydrogens is 328 g/mol. The van der Waals surface area contributed by atoms with Gasteiger partial charge in [0.25, 0.3) is 0 Å². The second kappa shape index (κ2) is 6.76. The molecule has 2 N–H and O–H groups in total. The zero-order valence-electron chi connectivity index (χ0n) is 14.3. The number of methoxy groups -OCH3 is 1. The lowest BCUT2D eigenvalue weighted by atomic mass is 10.1. The van der Waals surface area contributed by atoms with E-state index in [2.05, 4.69) is 15.4 Å². The Morgan fingerprint density at radius 1 is 1.12 bits per heavy atom. The average Bonchev–Trinajstić information content (AvgIpc) is 3.11. The van der Waals surface area contributed by atoms with Gasteiger partial charge in [0.1, 0.15) is 17.3 Å². The largest absolute Gasteiger partial charge is 0.508 e. The lowest BCUT2D eigenvalue weighted by Crippen LogP contribution is -2.05. The summed E-state index contributed by atoms with van der Waals surface area (Å²) < 4.78 is 6.95. The number of aromatic hydroxyl groups is 1. The van der Waals surface area contributed by atoms with Crippen molar-refractivity contribution in [2.75, 3.05) is 12.4 Å². The zero-order chi connectivity index (χ0) is 17.9. The molecular formula is C20H18N4O2. The quantitative estimate of drug-likeness (QED) is 0.576. The highest BCUT2D eigenvalue weighted by atomic mass is 16.5. The summed E-state index contributed by atoms with van der Waals surface area (Å²) in [4.78, 5) is 4.45. The van der Waals surface area contributed by atoms with Crippen LogP contribution in [0.2, 0.25) is 0 Å². The highest BCUT2D eigenvalue weighted by Crippen LogP contribution is 2.27. The molecule has 0 unspecified atom stereocenters. The maximum atomic E-state index is 9.72. The zero-order valence-corrected chi connectivity index (χ0v) is 14.3. The summed E-state index contributed by atoms with van der Waals surface area (Å²) in [5.41, 5.74) is 3.61. The number of hydrogen-bond donors (Lipinski definition) is 2. The smallest absolute Gasteiger partial charge is 0.165 e. The van der Waals surface area contributed by atoms with Crippen molar-refractivity contribution in [2.45, 2.75) is 6.54 Å². The highest BCUT2D eigenvalue weighted by molar-refractivity contribution is 5.78. The van der Waals surface area contributed by atoms with Gasteiger partial charge in [-0.2, -0.15) is 9.61 Å². The summed E-state index contributed by atoms with van der Waals surface area (Å²) in [5, 5.41) is 17.6. The predicted octanol–water partition coefficient (Wildman–Crippen LogP) is 3.72. The van der Waals surface area contributed by atoms with Crippen molar-refractivity contribution in [1.82, 2.24) is 14.6 Å². The Balaban J connectivity index is 1.62. The number of fused-ring (bicyclic) bond motifs is 1. The second-order valence-electron chi connectivity index (χ2n) is 5.88. The Kier molecular flexibility index (Phi) is 4.15. The third-order valence-electron chi connectivity index (χ3n) is 4.19. The summed E-state index contributed by atoms with van der Waals surface area (Å²) in [7, 11) is 1.66. The van der Waals surface area contributed by atoms with Gasteiger partial charge in [0.2, 0.25) is 0 Å². The molecule has 0 aliphatic heterocycles. The first-order chi connectivity index (χ1) is 12.7. The minimum atomic E-state index is 0.218. The highest BCUT2D eigenvalue weighted by Gasteiger charge is 2.11. The molecule has 130 valence electrons. The van der Waals surface area contributed by atoms with E-state index in [4.69, 9.17) is 4.74 Å². The monoisotopic (exact) mass is 346 g/mol. The van der Waals surface area contributed by atoms with Crippen molar-refractivity contribution >= 4 is 11.5 Å². The topological polar surface area (TPSA) is 71.7 Å². The van der Waals surface area contributed by atoms with Crippen molar-refractivity contribution in [3.63, 3.8) is 0 Å². The molecule has 6 nitrogen and oxygen atoms in total. The van der Waals surface area contributed by atoms with E-state index < -0.39 is 0 Å². The van der Waals surface area contributed by atoms with Gasteiger partial charge in [0, 0.05) is 18.3 Å². The Labute approximate surface area is 150 Å². The lowest BCUT2D eigenvalue weighted by molar-refractivity contribution is 0.414. The van der Waals surface area contributed by atoms with E-state index in [-0.39, 0.29) is 5.75 Å². The second-order valence-corrected chi connectivity index (χ2v) is 5.88. The first kappa shape index (κ1) is 16.0. The Morgan fingerprint density at radius 2 is 1.96 bits per heavy atom. The van der Waals surface area contributed by atoms with Crippen molar-refractivity contribution in [3.05, 3.63) is 72.6 Å². The van der Waals surface area contributed by atoms with Crippen LogP contribution in [0.25, 0.3) is 16.8 Å². The van der Waals surface area contributed by atoms with Crippen LogP contribution in [0, 0.1) is 0 Å². The molecule has 0 radical (unpaired) electrons. The fourth-order valence-corrected chi connectivity index (χ4v) is 2.84. The predicted molar refractivity (Wildman–Crippen MR) is 100 cm³/mol. The molecule has 0 saturated carbocycles. The van der Waals surface area contributed by atoms with Gasteiger partial charge in [-0.05, 0) is 41.5 Å². The van der Waals surface area contributed by atoms with E-state index in [0.717, 1.165) is 33.9 Å². The standard InChI is InChI=1S/C20H18N4O2/c1-26-17-7-5-14(6-8-17)12-22-19-9-10-21-20-18(13-23-24(19)20)15-3-2-4-16(25)11-15/h2-11,13,22,25H,12H2,1H3. The maximum absolute atomic E-state index is 9.72. The van der Waals surface area contributed by atoms with E-state index in [9.17, 15) is 5.11 Å². The molecule has 2 aromatic carbocycles. The third-order valence-corrected chi connectivity index (χ3v) is 4.19. The van der Waals surface area contributed by atoms with Crippen LogP contribution in [0.4, 0.5) is 5.82 Å². The summed E-state index contributed by atoms with van der Waals surface area (Å²) in [6.45, 7) is 0.657. The molecule has 0 atom stereocenters. The van der Waals surface area contributed by atoms with E-state index in [1.165, 1.54) is 0 Å². The average molecular weight is 346 g/mol. The molecule has 4 rings (SSSR count). The van der Waals surface area contributed by atoms with Crippen molar-refractivity contribution < 1.29 is 9.84 Å². The molecule has 26 heavy (non-hydrogen) atoms. The molecule has 0 fully saturated rings. The summed E-state index contributed by atoms with van der Waals surface area (Å²) in [5.74, 6) is 1.90. The van der Waals surface area contributed by atoms with Gasteiger partial charge >= 0.3 is 0 Å². The Bertz CT molecular complexity index is 1040. The normalized spacial score (nSPS) is 10.8. The van der Waals surface area contributed by atoms with Crippen LogP contribution in [-0.4, -0.2) is 26.8 Å². The fraction of sp³-hybridized carbons (Fsp3) is 0.100. The number of aromatic nitrogens is 3. The number of phenols is 1. The Morgan fingerprint density at radius 3 is 2.73 bits per heavy atom. The summed E-state index contributed by atoms with van der Waals surface area (Å²) in [6.07, 6.45) is 3.51. The number of phenolic OH excluding ortho intramolecular Hbond substituents is 1. The van der Waals surface area contributed by atoms with Crippen LogP contribution in [-0.2, 0) is 6.54 Å². The molecule has 2 heterocycles. The van der Waals surface area contributed by atoms with Crippen LogP contribution in [0.3, 0.4) is 0 Å². The molecule has 0 amide bonds. The van der Waals surface area contributed by atoms with E-state index in [1.807, 2.05) is 36.4 Å². The van der Waals surface area contributed by atoms with Gasteiger partial charge in [-0.15, -0.1) is 0 Å². The molecule has 0 spiro atoms. The van der Waals surface area contributed by atoms with Gasteiger partial charge in [0.05, 0.1) is 13.3 Å². The number of nitrogens with one attached hydrogen (secondary N) is 1. The van der Waals surface area contributed by atoms with Crippen LogP contribution in [0.1, 0.15) is 5.56 Å². The van der Waals surface area contributed by atoms with E-state index >= 15 is 0 Å². The molecule has 0 aliphatic carbocycles. The lowest BCUT2D eigenvalue weighted by Gasteiger charge is -2.09. The van der Waals surface area contributed by atoms with E-state index in [0.29, 0.717) is 6.54 Å². The van der Waals surface area contributed by atoms with Gasteiger partial charge in [-0.3, -0.25) is 0 Å². The van der Waals surface area contributed by atoms with E-state index in [1.54, 1.807) is 42.2 Å². The minimum Gasteiger partial charge on any atom is -0.508 e. The number of nitrogens with zero attached hydrogens (tertiary/aromatic N) is 3. The maximum Gasteiger partial charge on any atom is 0.165 e. The molecule has 0 bridgehead atoms. The van der Waals surface area contributed by atoms with Crippen molar-refractivity contribution in [2.24, 2.45) is 0 Å². The van der Waals surface area contributed by atoms with Gasteiger partial charge < -0.3 is 15.2 Å². The number of rotatable bonds is 5. The van der Waals surface area contributed by atoms with Crippen LogP contribution < -0.4 is 10.1 Å². The SMILES string of the molecule is COc1ccc(CNc2ccnc3c(-c4cccc(O)c4)cnn23)cc1. The number of hydrogen-bond acceptors (Lipinski definition) is 5. The molecule has 2 aromatic heterocycles. The molecule has 4 aromatic rings. The Hall–Kier alpha value is -3.54. The third kappa shape index (κ3) is 3.04. The summed E-state index contributed by atoms with van der Waals surface area (Å²) in [6, 6.07) is 16.9. The first-order valence-corrected chi connectivity index (χ1v) is 8.23. The number of benzene rings is 2. The fourth-order valence-electron chi connectivity index (χ4n) is 2.84. The molecule has 0 saturated heterocycles.